The molecule has 2 heteroatoms. The molecule has 1 rings (SSSR count). The molecule has 0 aliphatic rings. The SMILES string of the molecule is CCCCCCCCCCCCCCCC(CCCCCCCCCCCCCC)c1nccn1C(C)CCCCCCC. The predicted octanol–water partition coefficient (Wildman–Crippen LogP) is 15.5. The van der Waals surface area contributed by atoms with Crippen LogP contribution in [-0.2, 0) is 0 Å². The van der Waals surface area contributed by atoms with Gasteiger partial charge in [0.1, 0.15) is 5.82 Å². The molecule has 2 unspecified atom stereocenters. The standard InChI is InChI=1S/C42H82N2/c1-5-8-11-14-16-18-20-22-24-26-28-31-34-37-41(36-33-30-27-25-23-21-19-17-15-12-9-6-2)42-43-38-39-44(42)40(4)35-32-29-13-10-7-3/h38-41H,5-37H2,1-4H3. The van der Waals surface area contributed by atoms with Crippen LogP contribution >= 0.6 is 0 Å². The predicted molar refractivity (Wildman–Crippen MR) is 199 cm³/mol. The van der Waals surface area contributed by atoms with E-state index in [-0.39, 0.29) is 0 Å². The van der Waals surface area contributed by atoms with Crippen molar-refractivity contribution in [2.75, 3.05) is 0 Å². The van der Waals surface area contributed by atoms with Gasteiger partial charge in [-0.25, -0.2) is 4.98 Å². The lowest BCUT2D eigenvalue weighted by atomic mass is 9.92. The van der Waals surface area contributed by atoms with Gasteiger partial charge < -0.3 is 4.57 Å². The number of rotatable bonds is 35. The third kappa shape index (κ3) is 23.5. The van der Waals surface area contributed by atoms with Crippen molar-refractivity contribution in [1.82, 2.24) is 9.55 Å². The van der Waals surface area contributed by atoms with E-state index in [9.17, 15) is 0 Å². The van der Waals surface area contributed by atoms with Gasteiger partial charge in [-0.05, 0) is 26.2 Å². The first kappa shape index (κ1) is 41.2. The highest BCUT2D eigenvalue weighted by molar-refractivity contribution is 5.02. The summed E-state index contributed by atoms with van der Waals surface area (Å²) < 4.78 is 2.58. The van der Waals surface area contributed by atoms with E-state index >= 15 is 0 Å². The van der Waals surface area contributed by atoms with Gasteiger partial charge in [0.15, 0.2) is 0 Å². The maximum absolute atomic E-state index is 5.01. The molecule has 2 atom stereocenters. The Balaban J connectivity index is 2.37. The molecule has 2 nitrogen and oxygen atoms in total. The van der Waals surface area contributed by atoms with Crippen LogP contribution in [0, 0.1) is 0 Å². The normalized spacial score (nSPS) is 13.1. The highest BCUT2D eigenvalue weighted by atomic mass is 15.1. The summed E-state index contributed by atoms with van der Waals surface area (Å²) in [6.45, 7) is 9.38. The first-order valence-corrected chi connectivity index (χ1v) is 20.8. The van der Waals surface area contributed by atoms with Gasteiger partial charge in [0, 0.05) is 24.4 Å². The summed E-state index contributed by atoms with van der Waals surface area (Å²) in [6, 6.07) is 0.588. The summed E-state index contributed by atoms with van der Waals surface area (Å²) in [7, 11) is 0. The molecule has 0 aromatic carbocycles. The molecule has 0 aliphatic carbocycles. The molecule has 0 saturated carbocycles. The van der Waals surface area contributed by atoms with Crippen LogP contribution in [0.5, 0.6) is 0 Å². The van der Waals surface area contributed by atoms with Gasteiger partial charge >= 0.3 is 0 Å². The van der Waals surface area contributed by atoms with E-state index in [4.69, 9.17) is 4.98 Å². The molecular weight excluding hydrogens is 532 g/mol. The Bertz CT molecular complexity index is 679. The number of hydrogen-bond acceptors (Lipinski definition) is 1. The van der Waals surface area contributed by atoms with E-state index in [1.807, 2.05) is 0 Å². The van der Waals surface area contributed by atoms with Crippen molar-refractivity contribution in [1.29, 1.82) is 0 Å². The van der Waals surface area contributed by atoms with Gasteiger partial charge in [0.25, 0.3) is 0 Å². The number of unbranched alkanes of at least 4 members (excludes halogenated alkanes) is 27. The van der Waals surface area contributed by atoms with E-state index in [0.29, 0.717) is 12.0 Å². The van der Waals surface area contributed by atoms with E-state index < -0.39 is 0 Å². The third-order valence-electron chi connectivity index (χ3n) is 10.3. The summed E-state index contributed by atoms with van der Waals surface area (Å²) in [5.41, 5.74) is 0. The van der Waals surface area contributed by atoms with Crippen LogP contribution < -0.4 is 0 Å². The van der Waals surface area contributed by atoms with Gasteiger partial charge in [-0.1, -0.05) is 213 Å². The maximum Gasteiger partial charge on any atom is 0.111 e. The molecule has 0 amide bonds. The van der Waals surface area contributed by atoms with Crippen LogP contribution in [0.15, 0.2) is 12.4 Å². The summed E-state index contributed by atoms with van der Waals surface area (Å²) in [5, 5.41) is 0. The Morgan fingerprint density at radius 1 is 0.432 bits per heavy atom. The van der Waals surface area contributed by atoms with Crippen molar-refractivity contribution in [3.63, 3.8) is 0 Å². The maximum atomic E-state index is 5.01. The second-order valence-corrected chi connectivity index (χ2v) is 14.7. The topological polar surface area (TPSA) is 17.8 Å². The summed E-state index contributed by atoms with van der Waals surface area (Å²) in [5.74, 6) is 2.07. The number of imidazole rings is 1. The molecule has 0 aliphatic heterocycles. The lowest BCUT2D eigenvalue weighted by Crippen LogP contribution is -2.13. The van der Waals surface area contributed by atoms with E-state index in [1.165, 1.54) is 218 Å². The summed E-state index contributed by atoms with van der Waals surface area (Å²) in [6.07, 6.45) is 51.2. The average Bonchev–Trinajstić information content (AvgIpc) is 3.52. The van der Waals surface area contributed by atoms with Crippen LogP contribution in [0.4, 0.5) is 0 Å². The molecule has 0 fully saturated rings. The highest BCUT2D eigenvalue weighted by Gasteiger charge is 2.19. The minimum Gasteiger partial charge on any atom is -0.332 e. The van der Waals surface area contributed by atoms with Crippen molar-refractivity contribution < 1.29 is 0 Å². The quantitative estimate of drug-likeness (QED) is 0.0695. The van der Waals surface area contributed by atoms with Crippen molar-refractivity contribution in [2.45, 2.75) is 252 Å². The Kier molecular flexibility index (Phi) is 30.1. The van der Waals surface area contributed by atoms with Gasteiger partial charge in [0.2, 0.25) is 0 Å². The third-order valence-corrected chi connectivity index (χ3v) is 10.3. The Morgan fingerprint density at radius 2 is 0.727 bits per heavy atom. The van der Waals surface area contributed by atoms with Gasteiger partial charge in [-0.2, -0.15) is 0 Å². The molecule has 1 aromatic heterocycles. The molecule has 1 aromatic rings. The zero-order valence-electron chi connectivity index (χ0n) is 31.0. The summed E-state index contributed by atoms with van der Waals surface area (Å²) in [4.78, 5) is 5.01. The number of nitrogens with zero attached hydrogens (tertiary/aromatic N) is 2. The fraction of sp³-hybridized carbons (Fsp3) is 0.929. The molecule has 0 bridgehead atoms. The zero-order chi connectivity index (χ0) is 31.8. The van der Waals surface area contributed by atoms with Crippen molar-refractivity contribution in [3.05, 3.63) is 18.2 Å². The molecular formula is C42H82N2. The number of hydrogen-bond donors (Lipinski definition) is 0. The zero-order valence-corrected chi connectivity index (χ0v) is 31.0. The Labute approximate surface area is 278 Å². The molecule has 0 radical (unpaired) electrons. The van der Waals surface area contributed by atoms with Crippen LogP contribution in [-0.4, -0.2) is 9.55 Å². The lowest BCUT2D eigenvalue weighted by molar-refractivity contribution is 0.412. The van der Waals surface area contributed by atoms with Gasteiger partial charge in [-0.3, -0.25) is 0 Å². The summed E-state index contributed by atoms with van der Waals surface area (Å²) >= 11 is 0. The Morgan fingerprint density at radius 3 is 1.07 bits per heavy atom. The molecule has 44 heavy (non-hydrogen) atoms. The fourth-order valence-electron chi connectivity index (χ4n) is 7.24. The number of aromatic nitrogens is 2. The van der Waals surface area contributed by atoms with Crippen molar-refractivity contribution in [2.24, 2.45) is 0 Å². The second-order valence-electron chi connectivity index (χ2n) is 14.7. The van der Waals surface area contributed by atoms with Crippen LogP contribution in [0.2, 0.25) is 0 Å². The smallest absolute Gasteiger partial charge is 0.111 e. The largest absolute Gasteiger partial charge is 0.332 e. The minimum absolute atomic E-state index is 0.588. The first-order chi connectivity index (χ1) is 21.7. The molecule has 260 valence electrons. The fourth-order valence-corrected chi connectivity index (χ4v) is 7.24. The van der Waals surface area contributed by atoms with Gasteiger partial charge in [-0.15, -0.1) is 0 Å². The monoisotopic (exact) mass is 615 g/mol. The van der Waals surface area contributed by atoms with Crippen molar-refractivity contribution >= 4 is 0 Å². The van der Waals surface area contributed by atoms with Crippen LogP contribution in [0.1, 0.15) is 257 Å². The Hall–Kier alpha value is -0.790. The van der Waals surface area contributed by atoms with Gasteiger partial charge in [0.05, 0.1) is 0 Å². The van der Waals surface area contributed by atoms with E-state index in [0.717, 1.165) is 0 Å². The molecule has 0 spiro atoms. The minimum atomic E-state index is 0.588. The molecule has 0 N–H and O–H groups in total. The van der Waals surface area contributed by atoms with Crippen molar-refractivity contribution in [3.8, 4) is 0 Å². The highest BCUT2D eigenvalue weighted by Crippen LogP contribution is 2.31. The molecule has 0 saturated heterocycles. The first-order valence-electron chi connectivity index (χ1n) is 20.8. The van der Waals surface area contributed by atoms with E-state index in [1.54, 1.807) is 0 Å². The van der Waals surface area contributed by atoms with Crippen LogP contribution in [0.3, 0.4) is 0 Å². The average molecular weight is 615 g/mol. The van der Waals surface area contributed by atoms with E-state index in [2.05, 4.69) is 44.7 Å². The lowest BCUT2D eigenvalue weighted by Gasteiger charge is -2.22. The molecule has 1 heterocycles. The second kappa shape index (κ2) is 32.2. The van der Waals surface area contributed by atoms with Crippen LogP contribution in [0.25, 0.3) is 0 Å².